The fourth-order valence-corrected chi connectivity index (χ4v) is 13.4. The van der Waals surface area contributed by atoms with E-state index in [0.717, 1.165) is 69.9 Å². The molecule has 6 rings (SSSR count). The van der Waals surface area contributed by atoms with Crippen LogP contribution in [0.2, 0.25) is 0 Å². The van der Waals surface area contributed by atoms with Gasteiger partial charge in [-0.1, -0.05) is 96.2 Å². The zero-order valence-corrected chi connectivity index (χ0v) is 31.8. The summed E-state index contributed by atoms with van der Waals surface area (Å²) in [6.07, 6.45) is 13.3. The maximum atomic E-state index is 13.5. The van der Waals surface area contributed by atoms with Crippen LogP contribution in [0.1, 0.15) is 126 Å². The molecule has 0 aromatic carbocycles. The number of methoxy groups -OCH3 is 1. The molecule has 1 amide bonds. The summed E-state index contributed by atoms with van der Waals surface area (Å²) in [6.45, 7) is 18.7. The van der Waals surface area contributed by atoms with Crippen molar-refractivity contribution in [2.75, 3.05) is 13.7 Å². The number of ether oxygens (including phenoxy) is 1. The number of fused-ring (bicyclic) bond motifs is 7. The molecule has 9 heteroatoms. The van der Waals surface area contributed by atoms with Crippen LogP contribution in [-0.4, -0.2) is 51.7 Å². The number of nitrogens with zero attached hydrogens (tertiary/aromatic N) is 2. The summed E-state index contributed by atoms with van der Waals surface area (Å²) in [5.74, 6) is 0.497. The maximum absolute atomic E-state index is 13.5. The van der Waals surface area contributed by atoms with Gasteiger partial charge in [0.05, 0.1) is 23.5 Å². The zero-order valence-electron chi connectivity index (χ0n) is 30.1. The molecule has 0 spiro atoms. The lowest BCUT2D eigenvalue weighted by molar-refractivity contribution is -0.181. The van der Waals surface area contributed by atoms with Gasteiger partial charge in [0.15, 0.2) is 0 Å². The molecule has 260 valence electrons. The monoisotopic (exact) mass is 684 g/mol. The molecule has 7 nitrogen and oxygen atoms in total. The molecule has 1 aliphatic heterocycles. The van der Waals surface area contributed by atoms with Crippen LogP contribution in [0.25, 0.3) is 0 Å². The van der Waals surface area contributed by atoms with E-state index >= 15 is 0 Å². The van der Waals surface area contributed by atoms with Crippen molar-refractivity contribution in [3.05, 3.63) is 11.6 Å². The minimum atomic E-state index is -0.546. The highest BCUT2D eigenvalue weighted by atomic mass is 32.2. The summed E-state index contributed by atoms with van der Waals surface area (Å²) >= 11 is 6.70. The Bertz CT molecular complexity index is 1440. The molecule has 0 aromatic heterocycles. The molecule has 1 saturated heterocycles. The van der Waals surface area contributed by atoms with Gasteiger partial charge < -0.3 is 9.57 Å². The summed E-state index contributed by atoms with van der Waals surface area (Å²) in [6, 6.07) is 0. The molecule has 0 radical (unpaired) electrons. The second kappa shape index (κ2) is 11.7. The van der Waals surface area contributed by atoms with Crippen molar-refractivity contribution in [1.29, 1.82) is 0 Å². The van der Waals surface area contributed by atoms with Crippen LogP contribution >= 0.6 is 24.0 Å². The molecular formula is C38H56N2O5S2. The molecule has 0 bridgehead atoms. The number of oxime groups is 1. The Kier molecular flexibility index (Phi) is 8.71. The minimum Gasteiger partial charge on any atom is -0.469 e. The van der Waals surface area contributed by atoms with Gasteiger partial charge in [0, 0.05) is 5.41 Å². The molecular weight excluding hydrogens is 629 g/mol. The number of carbonyl (C=O) groups excluding carboxylic acids is 3. The van der Waals surface area contributed by atoms with E-state index in [2.05, 4.69) is 59.7 Å². The number of carbonyl (C=O) groups is 3. The SMILES string of the molecule is CC[C@@H]1SC(=S)N(CC(=O)O/N=C2/CC[C@@]3(C)[C@H](CC[C@]4(C)[C@H]3CC=C3[C@@H]5CC(C)(C)CC[C@]5(C(=O)OC)CC[C@]34C)C2(C)C)C1=O. The second-order valence-electron chi connectivity index (χ2n) is 17.8. The fraction of sp³-hybridized carbons (Fsp3) is 0.816. The van der Waals surface area contributed by atoms with Crippen LogP contribution in [0.5, 0.6) is 0 Å². The lowest BCUT2D eigenvalue weighted by atomic mass is 9.33. The standard InChI is InChI=1S/C38H56N2O5S2/c1-10-25-30(42)40(32(46)47-25)22-29(41)45-39-28-14-15-35(6)26(34(28,4)5)13-16-37(8)27(35)12-11-23-24-21-33(2,3)17-19-38(24,31(43)44-9)20-18-36(23,37)7/h11,24-27H,10,12-22H2,1-9H3/b39-28-/t24-,25-,26+,27-,35-,36+,37+,38-/m0/s1. The molecule has 4 saturated carbocycles. The lowest BCUT2D eigenvalue weighted by Crippen LogP contribution is -2.64. The van der Waals surface area contributed by atoms with Crippen LogP contribution in [0.15, 0.2) is 16.8 Å². The van der Waals surface area contributed by atoms with E-state index in [1.807, 2.05) is 6.92 Å². The van der Waals surface area contributed by atoms with Gasteiger partial charge in [-0.25, -0.2) is 4.79 Å². The zero-order chi connectivity index (χ0) is 34.4. The van der Waals surface area contributed by atoms with E-state index in [4.69, 9.17) is 21.8 Å². The van der Waals surface area contributed by atoms with Crippen LogP contribution in [0.3, 0.4) is 0 Å². The van der Waals surface area contributed by atoms with E-state index in [1.54, 1.807) is 12.7 Å². The highest BCUT2D eigenvalue weighted by Gasteiger charge is 2.69. The Morgan fingerprint density at radius 3 is 2.38 bits per heavy atom. The minimum absolute atomic E-state index is 0.00391. The number of hydrogen-bond acceptors (Lipinski definition) is 8. The first-order valence-electron chi connectivity index (χ1n) is 18.0. The third kappa shape index (κ3) is 5.12. The van der Waals surface area contributed by atoms with Gasteiger partial charge in [-0.3, -0.25) is 14.5 Å². The Morgan fingerprint density at radius 2 is 1.72 bits per heavy atom. The van der Waals surface area contributed by atoms with Gasteiger partial charge in [0.25, 0.3) is 0 Å². The van der Waals surface area contributed by atoms with Crippen molar-refractivity contribution >= 4 is 51.9 Å². The predicted octanol–water partition coefficient (Wildman–Crippen LogP) is 8.50. The Hall–Kier alpha value is -1.74. The number of thiocarbonyl (C=S) groups is 1. The molecule has 5 fully saturated rings. The average Bonchev–Trinajstić information content (AvgIpc) is 3.27. The summed E-state index contributed by atoms with van der Waals surface area (Å²) in [4.78, 5) is 45.9. The third-order valence-electron chi connectivity index (χ3n) is 14.9. The van der Waals surface area contributed by atoms with Crippen molar-refractivity contribution in [1.82, 2.24) is 4.90 Å². The average molecular weight is 685 g/mol. The number of rotatable bonds is 5. The van der Waals surface area contributed by atoms with E-state index < -0.39 is 5.97 Å². The second-order valence-corrected chi connectivity index (χ2v) is 19.6. The molecule has 0 unspecified atom stereocenters. The number of amides is 1. The fourth-order valence-electron chi connectivity index (χ4n) is 12.0. The highest BCUT2D eigenvalue weighted by molar-refractivity contribution is 8.24. The number of hydrogen-bond donors (Lipinski definition) is 0. The summed E-state index contributed by atoms with van der Waals surface area (Å²) < 4.78 is 5.97. The summed E-state index contributed by atoms with van der Waals surface area (Å²) in [5, 5.41) is 4.28. The van der Waals surface area contributed by atoms with Crippen LogP contribution in [0.4, 0.5) is 0 Å². The van der Waals surface area contributed by atoms with Crippen LogP contribution in [-0.2, 0) is 24.0 Å². The maximum Gasteiger partial charge on any atom is 0.354 e. The van der Waals surface area contributed by atoms with E-state index in [9.17, 15) is 14.4 Å². The highest BCUT2D eigenvalue weighted by Crippen LogP contribution is 2.75. The largest absolute Gasteiger partial charge is 0.469 e. The predicted molar refractivity (Wildman–Crippen MR) is 191 cm³/mol. The van der Waals surface area contributed by atoms with Crippen molar-refractivity contribution in [3.8, 4) is 0 Å². The van der Waals surface area contributed by atoms with Gasteiger partial charge in [-0.2, -0.15) is 0 Å². The third-order valence-corrected chi connectivity index (χ3v) is 16.7. The molecule has 0 aromatic rings. The van der Waals surface area contributed by atoms with Gasteiger partial charge in [0.1, 0.15) is 10.9 Å². The lowest BCUT2D eigenvalue weighted by Gasteiger charge is -2.70. The number of esters is 1. The molecule has 1 heterocycles. The van der Waals surface area contributed by atoms with Gasteiger partial charge in [-0.15, -0.1) is 0 Å². The first kappa shape index (κ1) is 35.1. The Morgan fingerprint density at radius 1 is 1.02 bits per heavy atom. The topological polar surface area (TPSA) is 85.3 Å². The van der Waals surface area contributed by atoms with Crippen molar-refractivity contribution < 1.29 is 24.0 Å². The van der Waals surface area contributed by atoms with Gasteiger partial charge in [0.2, 0.25) is 5.91 Å². The number of thioether (sulfide) groups is 1. The van der Waals surface area contributed by atoms with Gasteiger partial charge >= 0.3 is 11.9 Å². The van der Waals surface area contributed by atoms with Crippen molar-refractivity contribution in [2.24, 2.45) is 55.4 Å². The van der Waals surface area contributed by atoms with Crippen LogP contribution in [0, 0.1) is 50.2 Å². The Balaban J connectivity index is 1.25. The molecule has 8 atom stereocenters. The molecule has 6 aliphatic rings. The first-order valence-corrected chi connectivity index (χ1v) is 19.3. The normalized spacial score (nSPS) is 42.9. The molecule has 47 heavy (non-hydrogen) atoms. The molecule has 0 N–H and O–H groups in total. The summed E-state index contributed by atoms with van der Waals surface area (Å²) in [7, 11) is 1.57. The van der Waals surface area contributed by atoms with Crippen LogP contribution < -0.4 is 0 Å². The van der Waals surface area contributed by atoms with Crippen molar-refractivity contribution in [3.63, 3.8) is 0 Å². The summed E-state index contributed by atoms with van der Waals surface area (Å²) in [5.41, 5.74) is 2.34. The van der Waals surface area contributed by atoms with E-state index in [-0.39, 0.29) is 62.1 Å². The molecule has 5 aliphatic carbocycles. The Labute approximate surface area is 291 Å². The van der Waals surface area contributed by atoms with E-state index in [0.29, 0.717) is 22.6 Å². The number of allylic oxidation sites excluding steroid dienone is 2. The quantitative estimate of drug-likeness (QED) is 0.0944. The van der Waals surface area contributed by atoms with Crippen molar-refractivity contribution in [2.45, 2.75) is 131 Å². The first-order chi connectivity index (χ1) is 21.9. The van der Waals surface area contributed by atoms with E-state index in [1.165, 1.54) is 16.7 Å². The van der Waals surface area contributed by atoms with Gasteiger partial charge in [-0.05, 0) is 110 Å². The smallest absolute Gasteiger partial charge is 0.354 e.